The summed E-state index contributed by atoms with van der Waals surface area (Å²) in [7, 11) is 1.66. The van der Waals surface area contributed by atoms with Crippen molar-refractivity contribution >= 4 is 17.6 Å². The number of hydrogen-bond acceptors (Lipinski definition) is 6. The summed E-state index contributed by atoms with van der Waals surface area (Å²) in [5.74, 6) is 0.539. The molecular weight excluding hydrogens is 370 g/mol. The number of fused-ring (bicyclic) bond motifs is 3. The lowest BCUT2D eigenvalue weighted by Gasteiger charge is -2.22. The van der Waals surface area contributed by atoms with E-state index in [2.05, 4.69) is 20.3 Å². The number of benzene rings is 1. The maximum absolute atomic E-state index is 13.0. The number of rotatable bonds is 4. The number of aromatic nitrogens is 3. The van der Waals surface area contributed by atoms with E-state index in [1.807, 2.05) is 30.3 Å². The molecule has 146 valence electrons. The summed E-state index contributed by atoms with van der Waals surface area (Å²) in [5, 5.41) is 2.82. The van der Waals surface area contributed by atoms with Crippen LogP contribution >= 0.6 is 0 Å². The first-order chi connectivity index (χ1) is 14.1. The molecule has 0 unspecified atom stereocenters. The van der Waals surface area contributed by atoms with Crippen molar-refractivity contribution in [2.45, 2.75) is 24.8 Å². The van der Waals surface area contributed by atoms with Crippen molar-refractivity contribution in [2.75, 3.05) is 11.9 Å². The van der Waals surface area contributed by atoms with Gasteiger partial charge in [-0.3, -0.25) is 19.5 Å². The zero-order chi connectivity index (χ0) is 20.0. The number of carbonyl (C=O) groups is 2. The quantitative estimate of drug-likeness (QED) is 0.732. The van der Waals surface area contributed by atoms with Gasteiger partial charge in [0.25, 0.3) is 11.8 Å². The second kappa shape index (κ2) is 6.80. The molecule has 3 atom stereocenters. The minimum atomic E-state index is -0.655. The first kappa shape index (κ1) is 17.5. The average Bonchev–Trinajstić information content (AvgIpc) is 3.41. The van der Waals surface area contributed by atoms with Crippen LogP contribution in [0, 0.1) is 5.92 Å². The zero-order valence-corrected chi connectivity index (χ0v) is 15.8. The number of carbonyl (C=O) groups excluding carboxylic acids is 2. The molecule has 1 N–H and O–H groups in total. The highest BCUT2D eigenvalue weighted by molar-refractivity contribution is 6.02. The Labute approximate surface area is 167 Å². The molecule has 1 aromatic carbocycles. The van der Waals surface area contributed by atoms with E-state index in [0.717, 1.165) is 17.7 Å². The number of oxazole rings is 1. The molecule has 29 heavy (non-hydrogen) atoms. The normalized spacial score (nSPS) is 22.4. The molecule has 1 fully saturated rings. The molecule has 0 saturated heterocycles. The standard InChI is InChI=1S/C21H19N5O3/c1-26-18-16(22-7-8-23-18)14-10-15(14)17(21(26)28)25-19(27)20-24-11-13(29-20)9-12-5-3-2-4-6-12/h2-8,11,14-15,17H,9-10H2,1H3,(H,25,27)/t14-,15+,17+/m0/s1. The van der Waals surface area contributed by atoms with Gasteiger partial charge in [-0.1, -0.05) is 30.3 Å². The van der Waals surface area contributed by atoms with Gasteiger partial charge in [-0.2, -0.15) is 0 Å². The van der Waals surface area contributed by atoms with E-state index in [0.29, 0.717) is 18.0 Å². The topological polar surface area (TPSA) is 101 Å². The van der Waals surface area contributed by atoms with Crippen molar-refractivity contribution in [1.29, 1.82) is 0 Å². The van der Waals surface area contributed by atoms with Crippen molar-refractivity contribution in [1.82, 2.24) is 20.3 Å². The van der Waals surface area contributed by atoms with Crippen LogP contribution in [0.2, 0.25) is 0 Å². The Hall–Kier alpha value is -3.55. The molecule has 1 saturated carbocycles. The Morgan fingerprint density at radius 3 is 2.83 bits per heavy atom. The summed E-state index contributed by atoms with van der Waals surface area (Å²) in [6.07, 6.45) is 6.09. The summed E-state index contributed by atoms with van der Waals surface area (Å²) in [4.78, 5) is 39.9. The predicted molar refractivity (Wildman–Crippen MR) is 103 cm³/mol. The Morgan fingerprint density at radius 1 is 1.21 bits per heavy atom. The third kappa shape index (κ3) is 3.16. The highest BCUT2D eigenvalue weighted by atomic mass is 16.4. The molecule has 3 aromatic rings. The van der Waals surface area contributed by atoms with Gasteiger partial charge in [0.15, 0.2) is 5.82 Å². The second-order valence-electron chi connectivity index (χ2n) is 7.41. The van der Waals surface area contributed by atoms with Gasteiger partial charge in [0.2, 0.25) is 0 Å². The molecule has 1 aliphatic heterocycles. The minimum absolute atomic E-state index is 0.00519. The predicted octanol–water partition coefficient (Wildman–Crippen LogP) is 1.93. The van der Waals surface area contributed by atoms with Gasteiger partial charge in [-0.25, -0.2) is 9.97 Å². The highest BCUT2D eigenvalue weighted by Gasteiger charge is 2.53. The van der Waals surface area contributed by atoms with Crippen LogP contribution in [-0.4, -0.2) is 39.9 Å². The number of hydrogen-bond donors (Lipinski definition) is 1. The molecule has 2 aliphatic rings. The smallest absolute Gasteiger partial charge is 0.307 e. The van der Waals surface area contributed by atoms with E-state index in [1.54, 1.807) is 25.6 Å². The third-order valence-electron chi connectivity index (χ3n) is 5.50. The first-order valence-electron chi connectivity index (χ1n) is 9.50. The number of nitrogens with zero attached hydrogens (tertiary/aromatic N) is 4. The molecule has 0 spiro atoms. The average molecular weight is 389 g/mol. The summed E-state index contributed by atoms with van der Waals surface area (Å²) in [5.41, 5.74) is 1.88. The lowest BCUT2D eigenvalue weighted by atomic mass is 10.1. The van der Waals surface area contributed by atoms with Crippen LogP contribution < -0.4 is 10.2 Å². The van der Waals surface area contributed by atoms with Crippen LogP contribution in [0.1, 0.15) is 40.0 Å². The fourth-order valence-corrected chi connectivity index (χ4v) is 3.92. The number of anilines is 1. The van der Waals surface area contributed by atoms with E-state index >= 15 is 0 Å². The number of amides is 2. The van der Waals surface area contributed by atoms with Crippen molar-refractivity contribution in [3.8, 4) is 0 Å². The van der Waals surface area contributed by atoms with Crippen molar-refractivity contribution < 1.29 is 14.0 Å². The monoisotopic (exact) mass is 389 g/mol. The Balaban J connectivity index is 1.32. The summed E-state index contributed by atoms with van der Waals surface area (Å²) in [6.45, 7) is 0. The third-order valence-corrected chi connectivity index (χ3v) is 5.50. The molecule has 8 nitrogen and oxygen atoms in total. The molecule has 1 aliphatic carbocycles. The largest absolute Gasteiger partial charge is 0.437 e. The first-order valence-corrected chi connectivity index (χ1v) is 9.50. The second-order valence-corrected chi connectivity index (χ2v) is 7.41. The fourth-order valence-electron chi connectivity index (χ4n) is 3.92. The van der Waals surface area contributed by atoms with E-state index in [-0.39, 0.29) is 23.6 Å². The van der Waals surface area contributed by atoms with E-state index in [9.17, 15) is 9.59 Å². The highest BCUT2D eigenvalue weighted by Crippen LogP contribution is 2.53. The molecule has 8 heteroatoms. The molecule has 3 heterocycles. The maximum atomic E-state index is 13.0. The van der Waals surface area contributed by atoms with Crippen LogP contribution in [0.3, 0.4) is 0 Å². The van der Waals surface area contributed by atoms with Gasteiger partial charge >= 0.3 is 5.91 Å². The van der Waals surface area contributed by atoms with E-state index in [1.165, 1.54) is 4.90 Å². The molecular formula is C21H19N5O3. The van der Waals surface area contributed by atoms with Crippen LogP contribution in [-0.2, 0) is 11.2 Å². The Morgan fingerprint density at radius 2 is 2.00 bits per heavy atom. The van der Waals surface area contributed by atoms with Crippen LogP contribution in [0.15, 0.2) is 53.3 Å². The van der Waals surface area contributed by atoms with E-state index in [4.69, 9.17) is 4.42 Å². The van der Waals surface area contributed by atoms with Crippen LogP contribution in [0.5, 0.6) is 0 Å². The lowest BCUT2D eigenvalue weighted by Crippen LogP contribution is -2.48. The van der Waals surface area contributed by atoms with Crippen LogP contribution in [0.25, 0.3) is 0 Å². The van der Waals surface area contributed by atoms with Gasteiger partial charge in [0.05, 0.1) is 11.9 Å². The summed E-state index contributed by atoms with van der Waals surface area (Å²) >= 11 is 0. The summed E-state index contributed by atoms with van der Waals surface area (Å²) < 4.78 is 5.62. The molecule has 2 aromatic heterocycles. The minimum Gasteiger partial charge on any atom is -0.437 e. The lowest BCUT2D eigenvalue weighted by molar-refractivity contribution is -0.120. The molecule has 0 bridgehead atoms. The van der Waals surface area contributed by atoms with Gasteiger partial charge in [-0.15, -0.1) is 0 Å². The molecule has 2 amide bonds. The van der Waals surface area contributed by atoms with Crippen molar-refractivity contribution in [3.63, 3.8) is 0 Å². The number of likely N-dealkylation sites (N-methyl/N-ethyl adjacent to an activating group) is 1. The Kier molecular flexibility index (Phi) is 4.12. The zero-order valence-electron chi connectivity index (χ0n) is 15.8. The van der Waals surface area contributed by atoms with Gasteiger partial charge in [-0.05, 0) is 17.9 Å². The fraction of sp³-hybridized carbons (Fsp3) is 0.286. The van der Waals surface area contributed by atoms with Crippen molar-refractivity contribution in [2.24, 2.45) is 5.92 Å². The van der Waals surface area contributed by atoms with Gasteiger partial charge < -0.3 is 9.73 Å². The van der Waals surface area contributed by atoms with Crippen LogP contribution in [0.4, 0.5) is 5.82 Å². The molecule has 5 rings (SSSR count). The maximum Gasteiger partial charge on any atom is 0.307 e. The van der Waals surface area contributed by atoms with Gasteiger partial charge in [0.1, 0.15) is 11.8 Å². The molecule has 0 radical (unpaired) electrons. The van der Waals surface area contributed by atoms with Crippen molar-refractivity contribution in [3.05, 3.63) is 71.8 Å². The van der Waals surface area contributed by atoms with E-state index < -0.39 is 11.9 Å². The SMILES string of the molecule is CN1C(=O)[C@H](NC(=O)c2ncc(Cc3ccccc3)o2)[C@@H]2C[C@@H]2c2nccnc21. The summed E-state index contributed by atoms with van der Waals surface area (Å²) in [6, 6.07) is 9.14. The van der Waals surface area contributed by atoms with Gasteiger partial charge in [0, 0.05) is 31.8 Å². The Bertz CT molecular complexity index is 1080. The number of nitrogens with one attached hydrogen (secondary N) is 1.